The van der Waals surface area contributed by atoms with E-state index in [0.717, 1.165) is 29.9 Å². The summed E-state index contributed by atoms with van der Waals surface area (Å²) in [5.41, 5.74) is 1.15. The Morgan fingerprint density at radius 3 is 2.43 bits per heavy atom. The van der Waals surface area contributed by atoms with Gasteiger partial charge in [-0.2, -0.15) is 0 Å². The molecule has 0 N–H and O–H groups in total. The number of morpholine rings is 1. The van der Waals surface area contributed by atoms with Crippen LogP contribution in [0, 0.1) is 0 Å². The zero-order valence-corrected chi connectivity index (χ0v) is 14.5. The topological polar surface area (TPSA) is 48.0 Å². The molecule has 1 saturated heterocycles. The SMILES string of the molecule is COc1ccc(CCCC(=O)N2C(C)COCC2C)cc1OC. The fourth-order valence-electron chi connectivity index (χ4n) is 3.10. The Bertz CT molecular complexity index is 522. The van der Waals surface area contributed by atoms with Crippen molar-refractivity contribution < 1.29 is 19.0 Å². The first-order valence-corrected chi connectivity index (χ1v) is 8.16. The van der Waals surface area contributed by atoms with Crippen LogP contribution < -0.4 is 9.47 Å². The molecule has 1 aromatic carbocycles. The second kappa shape index (κ2) is 8.20. The third kappa shape index (κ3) is 4.38. The Labute approximate surface area is 138 Å². The van der Waals surface area contributed by atoms with E-state index in [2.05, 4.69) is 0 Å². The number of ether oxygens (including phenoxy) is 3. The van der Waals surface area contributed by atoms with Gasteiger partial charge >= 0.3 is 0 Å². The van der Waals surface area contributed by atoms with Crippen LogP contribution in [0.3, 0.4) is 0 Å². The lowest BCUT2D eigenvalue weighted by Gasteiger charge is -2.39. The molecule has 1 fully saturated rings. The summed E-state index contributed by atoms with van der Waals surface area (Å²) in [6.07, 6.45) is 2.23. The van der Waals surface area contributed by atoms with Crippen molar-refractivity contribution in [2.45, 2.75) is 45.2 Å². The van der Waals surface area contributed by atoms with Gasteiger partial charge < -0.3 is 19.1 Å². The monoisotopic (exact) mass is 321 g/mol. The molecule has 5 heteroatoms. The number of rotatable bonds is 6. The first kappa shape index (κ1) is 17.6. The molecule has 1 aliphatic rings. The molecule has 2 rings (SSSR count). The average molecular weight is 321 g/mol. The van der Waals surface area contributed by atoms with Crippen molar-refractivity contribution in [3.05, 3.63) is 23.8 Å². The molecular weight excluding hydrogens is 294 g/mol. The molecular formula is C18H27NO4. The molecule has 1 aliphatic heterocycles. The molecule has 5 nitrogen and oxygen atoms in total. The first-order valence-electron chi connectivity index (χ1n) is 8.16. The second-order valence-corrected chi connectivity index (χ2v) is 6.08. The molecule has 0 bridgehead atoms. The standard InChI is InChI=1S/C18H27NO4/c1-13-11-23-12-14(2)19(13)18(20)7-5-6-15-8-9-16(21-3)17(10-15)22-4/h8-10,13-14H,5-7,11-12H2,1-4H3. The maximum atomic E-state index is 12.5. The lowest BCUT2D eigenvalue weighted by atomic mass is 10.1. The van der Waals surface area contributed by atoms with Gasteiger partial charge in [-0.1, -0.05) is 6.07 Å². The van der Waals surface area contributed by atoms with E-state index in [4.69, 9.17) is 14.2 Å². The van der Waals surface area contributed by atoms with Crippen molar-refractivity contribution in [2.75, 3.05) is 27.4 Å². The third-order valence-corrected chi connectivity index (χ3v) is 4.26. The van der Waals surface area contributed by atoms with E-state index in [1.807, 2.05) is 36.9 Å². The van der Waals surface area contributed by atoms with Crippen LogP contribution in [0.1, 0.15) is 32.3 Å². The van der Waals surface area contributed by atoms with Crippen LogP contribution in [-0.4, -0.2) is 50.3 Å². The Balaban J connectivity index is 1.88. The van der Waals surface area contributed by atoms with Crippen molar-refractivity contribution in [3.8, 4) is 11.5 Å². The van der Waals surface area contributed by atoms with Crippen LogP contribution in [0.4, 0.5) is 0 Å². The predicted octanol–water partition coefficient (Wildman–Crippen LogP) is 2.66. The maximum Gasteiger partial charge on any atom is 0.223 e. The zero-order chi connectivity index (χ0) is 16.8. The van der Waals surface area contributed by atoms with Gasteiger partial charge in [0.05, 0.1) is 39.5 Å². The van der Waals surface area contributed by atoms with Crippen molar-refractivity contribution in [1.29, 1.82) is 0 Å². The van der Waals surface area contributed by atoms with Gasteiger partial charge in [0.2, 0.25) is 5.91 Å². The van der Waals surface area contributed by atoms with Crippen LogP contribution in [0.5, 0.6) is 11.5 Å². The van der Waals surface area contributed by atoms with E-state index in [1.54, 1.807) is 14.2 Å². The molecule has 128 valence electrons. The first-order chi connectivity index (χ1) is 11.1. The van der Waals surface area contributed by atoms with Crippen LogP contribution >= 0.6 is 0 Å². The summed E-state index contributed by atoms with van der Waals surface area (Å²) in [6.45, 7) is 5.35. The number of nitrogens with zero attached hydrogens (tertiary/aromatic N) is 1. The number of amides is 1. The molecule has 0 aromatic heterocycles. The van der Waals surface area contributed by atoms with Gasteiger partial charge in [0.1, 0.15) is 0 Å². The zero-order valence-electron chi connectivity index (χ0n) is 14.5. The van der Waals surface area contributed by atoms with Gasteiger partial charge in [-0.05, 0) is 44.4 Å². The highest BCUT2D eigenvalue weighted by Crippen LogP contribution is 2.28. The summed E-state index contributed by atoms with van der Waals surface area (Å²) >= 11 is 0. The number of benzene rings is 1. The molecule has 0 spiro atoms. The molecule has 0 saturated carbocycles. The Morgan fingerprint density at radius 2 is 1.83 bits per heavy atom. The Kier molecular flexibility index (Phi) is 6.28. The van der Waals surface area contributed by atoms with Crippen LogP contribution in [0.25, 0.3) is 0 Å². The van der Waals surface area contributed by atoms with Gasteiger partial charge in [-0.3, -0.25) is 4.79 Å². The van der Waals surface area contributed by atoms with E-state index in [1.165, 1.54) is 0 Å². The Morgan fingerprint density at radius 1 is 1.17 bits per heavy atom. The quantitative estimate of drug-likeness (QED) is 0.808. The predicted molar refractivity (Wildman–Crippen MR) is 89.1 cm³/mol. The molecule has 23 heavy (non-hydrogen) atoms. The number of methoxy groups -OCH3 is 2. The molecule has 1 amide bonds. The van der Waals surface area contributed by atoms with E-state index in [0.29, 0.717) is 19.6 Å². The van der Waals surface area contributed by atoms with Gasteiger partial charge in [-0.15, -0.1) is 0 Å². The van der Waals surface area contributed by atoms with Crippen LogP contribution in [-0.2, 0) is 16.0 Å². The largest absolute Gasteiger partial charge is 0.493 e. The van der Waals surface area contributed by atoms with Crippen molar-refractivity contribution in [1.82, 2.24) is 4.90 Å². The minimum atomic E-state index is 0.160. The minimum Gasteiger partial charge on any atom is -0.493 e. The van der Waals surface area contributed by atoms with Gasteiger partial charge in [-0.25, -0.2) is 0 Å². The van der Waals surface area contributed by atoms with E-state index in [-0.39, 0.29) is 18.0 Å². The van der Waals surface area contributed by atoms with Gasteiger partial charge in [0.25, 0.3) is 0 Å². The molecule has 0 aliphatic carbocycles. The summed E-state index contributed by atoms with van der Waals surface area (Å²) in [7, 11) is 3.26. The lowest BCUT2D eigenvalue weighted by Crippen LogP contribution is -2.52. The number of hydrogen-bond acceptors (Lipinski definition) is 4. The number of aryl methyl sites for hydroxylation is 1. The highest BCUT2D eigenvalue weighted by Gasteiger charge is 2.28. The summed E-state index contributed by atoms with van der Waals surface area (Å²) < 4.78 is 16.0. The Hall–Kier alpha value is -1.75. The number of carbonyl (C=O) groups is 1. The average Bonchev–Trinajstić information content (AvgIpc) is 2.54. The maximum absolute atomic E-state index is 12.5. The summed E-state index contributed by atoms with van der Waals surface area (Å²) in [4.78, 5) is 14.4. The molecule has 2 atom stereocenters. The van der Waals surface area contributed by atoms with Crippen LogP contribution in [0.15, 0.2) is 18.2 Å². The van der Waals surface area contributed by atoms with Gasteiger partial charge in [0.15, 0.2) is 11.5 Å². The number of carbonyl (C=O) groups excluding carboxylic acids is 1. The number of hydrogen-bond donors (Lipinski definition) is 0. The minimum absolute atomic E-state index is 0.160. The fraction of sp³-hybridized carbons (Fsp3) is 0.611. The highest BCUT2D eigenvalue weighted by atomic mass is 16.5. The smallest absolute Gasteiger partial charge is 0.223 e. The van der Waals surface area contributed by atoms with E-state index in [9.17, 15) is 4.79 Å². The second-order valence-electron chi connectivity index (χ2n) is 6.08. The molecule has 2 unspecified atom stereocenters. The van der Waals surface area contributed by atoms with Gasteiger partial charge in [0, 0.05) is 6.42 Å². The normalized spacial score (nSPS) is 21.1. The lowest BCUT2D eigenvalue weighted by molar-refractivity contribution is -0.144. The summed E-state index contributed by atoms with van der Waals surface area (Å²) in [5, 5.41) is 0. The van der Waals surface area contributed by atoms with E-state index < -0.39 is 0 Å². The summed E-state index contributed by atoms with van der Waals surface area (Å²) in [6, 6.07) is 6.22. The van der Waals surface area contributed by atoms with Crippen molar-refractivity contribution in [2.24, 2.45) is 0 Å². The fourth-order valence-corrected chi connectivity index (χ4v) is 3.10. The molecule has 1 heterocycles. The van der Waals surface area contributed by atoms with Crippen LogP contribution in [0.2, 0.25) is 0 Å². The highest BCUT2D eigenvalue weighted by molar-refractivity contribution is 5.77. The van der Waals surface area contributed by atoms with Crippen molar-refractivity contribution in [3.63, 3.8) is 0 Å². The van der Waals surface area contributed by atoms with E-state index >= 15 is 0 Å². The van der Waals surface area contributed by atoms with Crippen molar-refractivity contribution >= 4 is 5.91 Å². The summed E-state index contributed by atoms with van der Waals surface area (Å²) in [5.74, 6) is 1.67. The molecule has 0 radical (unpaired) electrons. The third-order valence-electron chi connectivity index (χ3n) is 4.26. The molecule has 1 aromatic rings.